The van der Waals surface area contributed by atoms with E-state index >= 15 is 0 Å². The molecule has 0 spiro atoms. The number of halogens is 1. The molecule has 1 atom stereocenters. The molecule has 2 rings (SSSR count). The Morgan fingerprint density at radius 3 is 2.25 bits per heavy atom. The van der Waals surface area contributed by atoms with Crippen LogP contribution in [-0.4, -0.2) is 7.11 Å². The number of hydrogen-bond donors (Lipinski definition) is 1. The third-order valence-corrected chi connectivity index (χ3v) is 4.37. The Kier molecular flexibility index (Phi) is 4.51. The van der Waals surface area contributed by atoms with Crippen molar-refractivity contribution in [3.63, 3.8) is 0 Å². The van der Waals surface area contributed by atoms with E-state index in [1.807, 2.05) is 18.2 Å². The maximum atomic E-state index is 6.43. The van der Waals surface area contributed by atoms with Crippen molar-refractivity contribution < 1.29 is 4.74 Å². The molecule has 0 bridgehead atoms. The van der Waals surface area contributed by atoms with Crippen molar-refractivity contribution in [2.24, 2.45) is 5.73 Å². The third-order valence-electron chi connectivity index (χ3n) is 3.75. The second-order valence-electron chi connectivity index (χ2n) is 5.16. The molecule has 20 heavy (non-hydrogen) atoms. The van der Waals surface area contributed by atoms with Gasteiger partial charge < -0.3 is 10.5 Å². The summed E-state index contributed by atoms with van der Waals surface area (Å²) < 4.78 is 6.18. The van der Waals surface area contributed by atoms with Gasteiger partial charge in [-0.3, -0.25) is 0 Å². The van der Waals surface area contributed by atoms with Gasteiger partial charge in [-0.15, -0.1) is 0 Å². The van der Waals surface area contributed by atoms with E-state index in [-0.39, 0.29) is 6.04 Å². The first-order chi connectivity index (χ1) is 9.43. The average Bonchev–Trinajstić information content (AvgIpc) is 2.42. The standard InChI is InChI=1S/C17H20BrNO/c1-10-7-12(3)14(8-11(10)2)17(19)13-5-6-16(20-4)15(18)9-13/h5-9,17H,19H2,1-4H3. The van der Waals surface area contributed by atoms with Crippen LogP contribution >= 0.6 is 15.9 Å². The molecule has 2 N–H and O–H groups in total. The second-order valence-corrected chi connectivity index (χ2v) is 6.02. The molecule has 0 heterocycles. The molecule has 106 valence electrons. The van der Waals surface area contributed by atoms with Crippen molar-refractivity contribution in [3.8, 4) is 5.75 Å². The van der Waals surface area contributed by atoms with Crippen molar-refractivity contribution in [2.45, 2.75) is 26.8 Å². The molecule has 0 saturated carbocycles. The van der Waals surface area contributed by atoms with Crippen molar-refractivity contribution >= 4 is 15.9 Å². The van der Waals surface area contributed by atoms with E-state index in [1.165, 1.54) is 22.3 Å². The van der Waals surface area contributed by atoms with Crippen molar-refractivity contribution in [1.29, 1.82) is 0 Å². The topological polar surface area (TPSA) is 35.2 Å². The molecule has 0 saturated heterocycles. The molecular weight excluding hydrogens is 314 g/mol. The van der Waals surface area contributed by atoms with Gasteiger partial charge in [0.05, 0.1) is 17.6 Å². The van der Waals surface area contributed by atoms with E-state index in [1.54, 1.807) is 7.11 Å². The highest BCUT2D eigenvalue weighted by Gasteiger charge is 2.14. The monoisotopic (exact) mass is 333 g/mol. The third kappa shape index (κ3) is 2.89. The van der Waals surface area contributed by atoms with Crippen LogP contribution in [-0.2, 0) is 0 Å². The molecule has 0 aliphatic carbocycles. The Balaban J connectivity index is 2.43. The normalized spacial score (nSPS) is 12.3. The van der Waals surface area contributed by atoms with Crippen LogP contribution in [0.4, 0.5) is 0 Å². The predicted molar refractivity (Wildman–Crippen MR) is 87.4 cm³/mol. The van der Waals surface area contributed by atoms with Crippen LogP contribution in [0.15, 0.2) is 34.8 Å². The molecule has 3 heteroatoms. The number of methoxy groups -OCH3 is 1. The average molecular weight is 334 g/mol. The van der Waals surface area contributed by atoms with Crippen molar-refractivity contribution in [3.05, 3.63) is 62.6 Å². The number of aryl methyl sites for hydroxylation is 3. The summed E-state index contributed by atoms with van der Waals surface area (Å²) in [4.78, 5) is 0. The molecule has 0 amide bonds. The molecular formula is C17H20BrNO. The highest BCUT2D eigenvalue weighted by Crippen LogP contribution is 2.31. The molecule has 0 radical (unpaired) electrons. The minimum Gasteiger partial charge on any atom is -0.496 e. The summed E-state index contributed by atoms with van der Waals surface area (Å²) in [7, 11) is 1.66. The summed E-state index contributed by atoms with van der Waals surface area (Å²) in [6.07, 6.45) is 0. The van der Waals surface area contributed by atoms with Gasteiger partial charge in [0.15, 0.2) is 0 Å². The lowest BCUT2D eigenvalue weighted by molar-refractivity contribution is 0.412. The summed E-state index contributed by atoms with van der Waals surface area (Å²) in [6.45, 7) is 6.36. The van der Waals surface area contributed by atoms with Gasteiger partial charge in [-0.25, -0.2) is 0 Å². The van der Waals surface area contributed by atoms with E-state index < -0.39 is 0 Å². The molecule has 2 aromatic carbocycles. The van der Waals surface area contributed by atoms with Crippen LogP contribution in [0.1, 0.15) is 33.9 Å². The van der Waals surface area contributed by atoms with Gasteiger partial charge in [0.25, 0.3) is 0 Å². The van der Waals surface area contributed by atoms with E-state index in [4.69, 9.17) is 10.5 Å². The smallest absolute Gasteiger partial charge is 0.133 e. The SMILES string of the molecule is COc1ccc(C(N)c2cc(C)c(C)cc2C)cc1Br. The first-order valence-corrected chi connectivity index (χ1v) is 7.40. The van der Waals surface area contributed by atoms with Gasteiger partial charge in [0, 0.05) is 0 Å². The minimum absolute atomic E-state index is 0.128. The fourth-order valence-corrected chi connectivity index (χ4v) is 2.93. The van der Waals surface area contributed by atoms with E-state index in [2.05, 4.69) is 48.8 Å². The lowest BCUT2D eigenvalue weighted by Gasteiger charge is -2.18. The Hall–Kier alpha value is -1.32. The van der Waals surface area contributed by atoms with Gasteiger partial charge in [-0.05, 0) is 76.7 Å². The Labute approximate surface area is 129 Å². The predicted octanol–water partition coefficient (Wildman–Crippen LogP) is 4.43. The summed E-state index contributed by atoms with van der Waals surface area (Å²) in [5.74, 6) is 0.817. The summed E-state index contributed by atoms with van der Waals surface area (Å²) in [5.41, 5.74) is 12.5. The fraction of sp³-hybridized carbons (Fsp3) is 0.294. The Morgan fingerprint density at radius 2 is 1.65 bits per heavy atom. The van der Waals surface area contributed by atoms with Crippen molar-refractivity contribution in [2.75, 3.05) is 7.11 Å². The first-order valence-electron chi connectivity index (χ1n) is 6.60. The number of ether oxygens (including phenoxy) is 1. The van der Waals surface area contributed by atoms with Crippen LogP contribution in [0.3, 0.4) is 0 Å². The Bertz CT molecular complexity index is 637. The van der Waals surface area contributed by atoms with E-state index in [0.29, 0.717) is 0 Å². The van der Waals surface area contributed by atoms with Crippen LogP contribution in [0.2, 0.25) is 0 Å². The highest BCUT2D eigenvalue weighted by atomic mass is 79.9. The molecule has 0 aliphatic heterocycles. The minimum atomic E-state index is -0.128. The van der Waals surface area contributed by atoms with Gasteiger partial charge in [-0.2, -0.15) is 0 Å². The maximum Gasteiger partial charge on any atom is 0.133 e. The lowest BCUT2D eigenvalue weighted by atomic mass is 9.92. The maximum absolute atomic E-state index is 6.43. The molecule has 2 aromatic rings. The summed E-state index contributed by atoms with van der Waals surface area (Å²) >= 11 is 3.51. The summed E-state index contributed by atoms with van der Waals surface area (Å²) in [6, 6.07) is 10.2. The van der Waals surface area contributed by atoms with E-state index in [0.717, 1.165) is 15.8 Å². The van der Waals surface area contributed by atoms with Crippen LogP contribution < -0.4 is 10.5 Å². The zero-order valence-corrected chi connectivity index (χ0v) is 13.9. The first kappa shape index (κ1) is 15.1. The number of hydrogen-bond acceptors (Lipinski definition) is 2. The van der Waals surface area contributed by atoms with Crippen LogP contribution in [0, 0.1) is 20.8 Å². The van der Waals surface area contributed by atoms with Crippen LogP contribution in [0.5, 0.6) is 5.75 Å². The highest BCUT2D eigenvalue weighted by molar-refractivity contribution is 9.10. The molecule has 0 aromatic heterocycles. The van der Waals surface area contributed by atoms with Gasteiger partial charge in [0.1, 0.15) is 5.75 Å². The molecule has 0 fully saturated rings. The zero-order valence-electron chi connectivity index (χ0n) is 12.3. The number of rotatable bonds is 3. The molecule has 0 aliphatic rings. The zero-order chi connectivity index (χ0) is 14.9. The molecule has 2 nitrogen and oxygen atoms in total. The number of benzene rings is 2. The second kappa shape index (κ2) is 5.98. The van der Waals surface area contributed by atoms with Gasteiger partial charge in [-0.1, -0.05) is 18.2 Å². The largest absolute Gasteiger partial charge is 0.496 e. The van der Waals surface area contributed by atoms with E-state index in [9.17, 15) is 0 Å². The molecule has 1 unspecified atom stereocenters. The van der Waals surface area contributed by atoms with Crippen LogP contribution in [0.25, 0.3) is 0 Å². The van der Waals surface area contributed by atoms with Crippen molar-refractivity contribution in [1.82, 2.24) is 0 Å². The quantitative estimate of drug-likeness (QED) is 0.901. The summed E-state index contributed by atoms with van der Waals surface area (Å²) in [5, 5.41) is 0. The fourth-order valence-electron chi connectivity index (χ4n) is 2.37. The lowest BCUT2D eigenvalue weighted by Crippen LogP contribution is -2.14. The number of nitrogens with two attached hydrogens (primary N) is 1. The van der Waals surface area contributed by atoms with Gasteiger partial charge in [0.2, 0.25) is 0 Å². The van der Waals surface area contributed by atoms with Gasteiger partial charge >= 0.3 is 0 Å². The Morgan fingerprint density at radius 1 is 1.00 bits per heavy atom.